The van der Waals surface area contributed by atoms with Crippen molar-refractivity contribution in [1.82, 2.24) is 5.32 Å². The van der Waals surface area contributed by atoms with Gasteiger partial charge in [0.2, 0.25) is 0 Å². The molecule has 0 aromatic heterocycles. The van der Waals surface area contributed by atoms with Crippen LogP contribution in [0.3, 0.4) is 0 Å². The number of rotatable bonds is 4. The van der Waals surface area contributed by atoms with Crippen molar-refractivity contribution in [3.8, 4) is 0 Å². The molecule has 1 atom stereocenters. The molecule has 1 aliphatic carbocycles. The van der Waals surface area contributed by atoms with Crippen molar-refractivity contribution in [2.24, 2.45) is 5.73 Å². The number of hydrogen-bond acceptors (Lipinski definition) is 3. The molecule has 2 aromatic rings. The average molecular weight is 308 g/mol. The number of nitrogens with two attached hydrogens (primary N) is 1. The van der Waals surface area contributed by atoms with Gasteiger partial charge in [-0.3, -0.25) is 0 Å². The van der Waals surface area contributed by atoms with Gasteiger partial charge in [0.05, 0.1) is 17.5 Å². The second-order valence-electron chi connectivity index (χ2n) is 5.89. The lowest BCUT2D eigenvalue weighted by atomic mass is 9.88. The van der Waals surface area contributed by atoms with Crippen LogP contribution in [0, 0.1) is 0 Å². The van der Waals surface area contributed by atoms with E-state index in [0.29, 0.717) is 0 Å². The first-order valence-electron chi connectivity index (χ1n) is 8.20. The largest absolute Gasteiger partial charge is 0.397 e. The smallest absolute Gasteiger partial charge is 0.0868 e. The van der Waals surface area contributed by atoms with E-state index in [-0.39, 0.29) is 6.10 Å². The van der Waals surface area contributed by atoms with E-state index in [2.05, 4.69) is 54.7 Å². The molecule has 0 heterocycles. The highest BCUT2D eigenvalue weighted by molar-refractivity contribution is 5.90. The maximum Gasteiger partial charge on any atom is 0.0868 e. The fraction of sp³-hybridized carbons (Fsp3) is 0.300. The monoisotopic (exact) mass is 308 g/mol. The number of benzene rings is 2. The second-order valence-corrected chi connectivity index (χ2v) is 5.89. The minimum Gasteiger partial charge on any atom is -0.397 e. The van der Waals surface area contributed by atoms with Gasteiger partial charge in [0.15, 0.2) is 0 Å². The van der Waals surface area contributed by atoms with Gasteiger partial charge < -0.3 is 15.8 Å². The Hall–Kier alpha value is -2.26. The number of nitrogens with one attached hydrogen (secondary N) is 1. The Kier molecular flexibility index (Phi) is 4.68. The SMILES string of the molecule is CCCN/C1=C(\N)c2ccccc2CC(OC)c2ccccc21. The summed E-state index contributed by atoms with van der Waals surface area (Å²) in [6, 6.07) is 16.7. The lowest BCUT2D eigenvalue weighted by molar-refractivity contribution is 0.103. The first kappa shape index (κ1) is 15.6. The minimum atomic E-state index is 0.0267. The molecule has 3 nitrogen and oxygen atoms in total. The van der Waals surface area contributed by atoms with Crippen LogP contribution in [0.1, 0.15) is 41.7 Å². The van der Waals surface area contributed by atoms with E-state index in [9.17, 15) is 0 Å². The third-order valence-corrected chi connectivity index (χ3v) is 4.40. The second kappa shape index (κ2) is 6.88. The van der Waals surface area contributed by atoms with Crippen LogP contribution < -0.4 is 11.1 Å². The van der Waals surface area contributed by atoms with Crippen molar-refractivity contribution in [2.75, 3.05) is 13.7 Å². The first-order chi connectivity index (χ1) is 11.3. The van der Waals surface area contributed by atoms with E-state index < -0.39 is 0 Å². The molecule has 1 aliphatic rings. The summed E-state index contributed by atoms with van der Waals surface area (Å²) in [5, 5.41) is 3.53. The van der Waals surface area contributed by atoms with Crippen molar-refractivity contribution in [2.45, 2.75) is 25.9 Å². The maximum absolute atomic E-state index is 6.58. The van der Waals surface area contributed by atoms with Gasteiger partial charge in [-0.25, -0.2) is 0 Å². The van der Waals surface area contributed by atoms with Crippen LogP contribution in [0.15, 0.2) is 48.5 Å². The molecule has 0 aliphatic heterocycles. The lowest BCUT2D eigenvalue weighted by Crippen LogP contribution is -2.22. The fourth-order valence-corrected chi connectivity index (χ4v) is 3.21. The van der Waals surface area contributed by atoms with Crippen LogP contribution in [-0.4, -0.2) is 13.7 Å². The van der Waals surface area contributed by atoms with Gasteiger partial charge in [-0.05, 0) is 17.5 Å². The van der Waals surface area contributed by atoms with E-state index in [1.165, 1.54) is 11.1 Å². The van der Waals surface area contributed by atoms with Crippen LogP contribution in [0.2, 0.25) is 0 Å². The van der Waals surface area contributed by atoms with Gasteiger partial charge >= 0.3 is 0 Å². The van der Waals surface area contributed by atoms with Gasteiger partial charge in [-0.15, -0.1) is 0 Å². The highest BCUT2D eigenvalue weighted by atomic mass is 16.5. The van der Waals surface area contributed by atoms with E-state index in [0.717, 1.165) is 41.9 Å². The van der Waals surface area contributed by atoms with Gasteiger partial charge in [0, 0.05) is 31.2 Å². The van der Waals surface area contributed by atoms with E-state index >= 15 is 0 Å². The summed E-state index contributed by atoms with van der Waals surface area (Å²) >= 11 is 0. The topological polar surface area (TPSA) is 47.3 Å². The molecule has 0 saturated heterocycles. The Balaban J connectivity index is 2.25. The molecule has 120 valence electrons. The molecular formula is C20H24N2O. The summed E-state index contributed by atoms with van der Waals surface area (Å²) in [7, 11) is 1.78. The zero-order valence-electron chi connectivity index (χ0n) is 13.8. The highest BCUT2D eigenvalue weighted by Crippen LogP contribution is 2.35. The molecule has 0 radical (unpaired) electrons. The van der Waals surface area contributed by atoms with Crippen molar-refractivity contribution >= 4 is 11.4 Å². The Morgan fingerprint density at radius 3 is 2.52 bits per heavy atom. The van der Waals surface area contributed by atoms with Gasteiger partial charge in [-0.1, -0.05) is 55.5 Å². The van der Waals surface area contributed by atoms with E-state index in [4.69, 9.17) is 10.5 Å². The van der Waals surface area contributed by atoms with Gasteiger partial charge in [-0.2, -0.15) is 0 Å². The van der Waals surface area contributed by atoms with Crippen molar-refractivity contribution in [3.63, 3.8) is 0 Å². The molecule has 0 fully saturated rings. The number of hydrogen-bond donors (Lipinski definition) is 2. The molecule has 3 heteroatoms. The molecule has 1 unspecified atom stereocenters. The van der Waals surface area contributed by atoms with Gasteiger partial charge in [0.25, 0.3) is 0 Å². The Morgan fingerprint density at radius 1 is 1.09 bits per heavy atom. The molecule has 3 rings (SSSR count). The molecular weight excluding hydrogens is 284 g/mol. The minimum absolute atomic E-state index is 0.0267. The maximum atomic E-state index is 6.58. The number of ether oxygens (including phenoxy) is 1. The molecule has 0 spiro atoms. The van der Waals surface area contributed by atoms with E-state index in [1.807, 2.05) is 6.07 Å². The van der Waals surface area contributed by atoms with Crippen molar-refractivity contribution < 1.29 is 4.74 Å². The fourth-order valence-electron chi connectivity index (χ4n) is 3.21. The molecule has 0 amide bonds. The zero-order chi connectivity index (χ0) is 16.2. The Morgan fingerprint density at radius 2 is 1.78 bits per heavy atom. The predicted octanol–water partition coefficient (Wildman–Crippen LogP) is 3.71. The van der Waals surface area contributed by atoms with Crippen LogP contribution in [0.5, 0.6) is 0 Å². The summed E-state index contributed by atoms with van der Waals surface area (Å²) in [5.74, 6) is 0. The zero-order valence-corrected chi connectivity index (χ0v) is 13.8. The third kappa shape index (κ3) is 2.97. The lowest BCUT2D eigenvalue weighted by Gasteiger charge is -2.27. The quantitative estimate of drug-likeness (QED) is 0.905. The third-order valence-electron chi connectivity index (χ3n) is 4.40. The van der Waals surface area contributed by atoms with Crippen LogP contribution in [-0.2, 0) is 11.2 Å². The molecule has 2 aromatic carbocycles. The summed E-state index contributed by atoms with van der Waals surface area (Å²) in [6.07, 6.45) is 1.90. The number of methoxy groups -OCH3 is 1. The van der Waals surface area contributed by atoms with Crippen molar-refractivity contribution in [1.29, 1.82) is 0 Å². The first-order valence-corrected chi connectivity index (χ1v) is 8.20. The van der Waals surface area contributed by atoms with Crippen LogP contribution >= 0.6 is 0 Å². The summed E-state index contributed by atoms with van der Waals surface area (Å²) in [5.41, 5.74) is 13.1. The predicted molar refractivity (Wildman–Crippen MR) is 95.6 cm³/mol. The van der Waals surface area contributed by atoms with E-state index in [1.54, 1.807) is 7.11 Å². The number of fused-ring (bicyclic) bond motifs is 2. The van der Waals surface area contributed by atoms with Crippen molar-refractivity contribution in [3.05, 3.63) is 70.8 Å². The Labute approximate surface area is 138 Å². The molecule has 0 bridgehead atoms. The Bertz CT molecular complexity index is 721. The average Bonchev–Trinajstić information content (AvgIpc) is 2.59. The standard InChI is InChI=1S/C20H24N2O/c1-3-12-22-20-17-11-7-6-10-16(17)18(23-2)13-14-8-4-5-9-15(14)19(20)21/h4-11,18,22H,3,12-13,21H2,1-2H3/b20-19-. The molecule has 3 N–H and O–H groups in total. The van der Waals surface area contributed by atoms with Gasteiger partial charge in [0.1, 0.15) is 0 Å². The summed E-state index contributed by atoms with van der Waals surface area (Å²) in [4.78, 5) is 0. The summed E-state index contributed by atoms with van der Waals surface area (Å²) < 4.78 is 5.81. The van der Waals surface area contributed by atoms with Crippen LogP contribution in [0.4, 0.5) is 0 Å². The summed E-state index contributed by atoms with van der Waals surface area (Å²) in [6.45, 7) is 3.05. The highest BCUT2D eigenvalue weighted by Gasteiger charge is 2.24. The normalized spacial score (nSPS) is 20.2. The molecule has 23 heavy (non-hydrogen) atoms. The van der Waals surface area contributed by atoms with Crippen LogP contribution in [0.25, 0.3) is 11.4 Å². The molecule has 0 saturated carbocycles.